The van der Waals surface area contributed by atoms with Crippen molar-refractivity contribution in [2.75, 3.05) is 26.4 Å². The standard InChI is InChI=1S/C22H38O4/c1-3-5-11-21(15-23,16-24)13-19-7-9-20(10-8-19)14-22(17-25,18-26)12-6-4-2/h7-10,23-26H,3-6,11-18H2,1-2H3. The summed E-state index contributed by atoms with van der Waals surface area (Å²) in [6.07, 6.45) is 7.01. The predicted octanol–water partition coefficient (Wildman–Crippen LogP) is 3.09. The highest BCUT2D eigenvalue weighted by Crippen LogP contribution is 2.31. The third-order valence-electron chi connectivity index (χ3n) is 5.64. The maximum Gasteiger partial charge on any atom is 0.0512 e. The van der Waals surface area contributed by atoms with Gasteiger partial charge in [-0.25, -0.2) is 0 Å². The third-order valence-corrected chi connectivity index (χ3v) is 5.64. The number of aliphatic hydroxyl groups excluding tert-OH is 4. The highest BCUT2D eigenvalue weighted by Gasteiger charge is 2.30. The highest BCUT2D eigenvalue weighted by molar-refractivity contribution is 5.25. The topological polar surface area (TPSA) is 80.9 Å². The van der Waals surface area contributed by atoms with E-state index in [1.54, 1.807) is 0 Å². The minimum absolute atomic E-state index is 0.0135. The van der Waals surface area contributed by atoms with Crippen LogP contribution in [-0.2, 0) is 12.8 Å². The van der Waals surface area contributed by atoms with Gasteiger partial charge in [-0.3, -0.25) is 0 Å². The van der Waals surface area contributed by atoms with E-state index in [2.05, 4.69) is 13.8 Å². The molecule has 150 valence electrons. The van der Waals surface area contributed by atoms with Crippen LogP contribution in [-0.4, -0.2) is 46.9 Å². The molecule has 4 N–H and O–H groups in total. The van der Waals surface area contributed by atoms with Gasteiger partial charge in [-0.1, -0.05) is 63.8 Å². The zero-order valence-electron chi connectivity index (χ0n) is 16.6. The van der Waals surface area contributed by atoms with Gasteiger partial charge in [0.05, 0.1) is 26.4 Å². The van der Waals surface area contributed by atoms with Crippen LogP contribution in [0.2, 0.25) is 0 Å². The van der Waals surface area contributed by atoms with Gasteiger partial charge in [-0.15, -0.1) is 0 Å². The van der Waals surface area contributed by atoms with Gasteiger partial charge >= 0.3 is 0 Å². The van der Waals surface area contributed by atoms with Crippen LogP contribution in [0.4, 0.5) is 0 Å². The Morgan fingerprint density at radius 3 is 1.15 bits per heavy atom. The fraction of sp³-hybridized carbons (Fsp3) is 0.727. The summed E-state index contributed by atoms with van der Waals surface area (Å²) < 4.78 is 0. The second kappa shape index (κ2) is 11.7. The maximum atomic E-state index is 9.80. The lowest BCUT2D eigenvalue weighted by Gasteiger charge is -2.31. The van der Waals surface area contributed by atoms with Gasteiger partial charge in [0, 0.05) is 10.8 Å². The van der Waals surface area contributed by atoms with Gasteiger partial charge in [0.25, 0.3) is 0 Å². The van der Waals surface area contributed by atoms with Crippen molar-refractivity contribution in [1.82, 2.24) is 0 Å². The summed E-state index contributed by atoms with van der Waals surface area (Å²) in [7, 11) is 0. The number of rotatable bonds is 14. The number of hydrogen-bond donors (Lipinski definition) is 4. The SMILES string of the molecule is CCCCC(CO)(CO)Cc1ccc(CC(CO)(CO)CCCC)cc1. The van der Waals surface area contributed by atoms with Crippen LogP contribution >= 0.6 is 0 Å². The van der Waals surface area contributed by atoms with Crippen molar-refractivity contribution in [2.24, 2.45) is 10.8 Å². The highest BCUT2D eigenvalue weighted by atomic mass is 16.3. The van der Waals surface area contributed by atoms with E-state index in [9.17, 15) is 20.4 Å². The van der Waals surface area contributed by atoms with Gasteiger partial charge in [0.15, 0.2) is 0 Å². The molecule has 0 radical (unpaired) electrons. The average molecular weight is 367 g/mol. The van der Waals surface area contributed by atoms with Crippen molar-refractivity contribution in [3.8, 4) is 0 Å². The molecule has 0 atom stereocenters. The predicted molar refractivity (Wildman–Crippen MR) is 106 cm³/mol. The molecule has 0 aliphatic rings. The van der Waals surface area contributed by atoms with Crippen LogP contribution in [0.15, 0.2) is 24.3 Å². The fourth-order valence-corrected chi connectivity index (χ4v) is 3.56. The first-order valence-electron chi connectivity index (χ1n) is 10.0. The molecule has 4 nitrogen and oxygen atoms in total. The van der Waals surface area contributed by atoms with Crippen LogP contribution < -0.4 is 0 Å². The molecule has 0 amide bonds. The summed E-state index contributed by atoms with van der Waals surface area (Å²) in [6.45, 7) is 4.17. The van der Waals surface area contributed by atoms with Crippen molar-refractivity contribution in [3.63, 3.8) is 0 Å². The molecule has 1 aromatic rings. The Balaban J connectivity index is 2.83. The molecule has 0 saturated carbocycles. The van der Waals surface area contributed by atoms with Gasteiger partial charge < -0.3 is 20.4 Å². The second-order valence-electron chi connectivity index (χ2n) is 8.01. The molecule has 1 rings (SSSR count). The maximum absolute atomic E-state index is 9.80. The van der Waals surface area contributed by atoms with Gasteiger partial charge in [0.1, 0.15) is 0 Å². The van der Waals surface area contributed by atoms with Gasteiger partial charge in [-0.2, -0.15) is 0 Å². The van der Waals surface area contributed by atoms with Gasteiger partial charge in [0.2, 0.25) is 0 Å². The van der Waals surface area contributed by atoms with E-state index in [0.29, 0.717) is 12.8 Å². The van der Waals surface area contributed by atoms with Crippen LogP contribution in [0.25, 0.3) is 0 Å². The molecule has 0 unspecified atom stereocenters. The molecule has 0 heterocycles. The molecule has 26 heavy (non-hydrogen) atoms. The van der Waals surface area contributed by atoms with Crippen molar-refractivity contribution >= 4 is 0 Å². The first-order valence-corrected chi connectivity index (χ1v) is 10.0. The summed E-state index contributed by atoms with van der Waals surface area (Å²) in [5.41, 5.74) is 1.28. The van der Waals surface area contributed by atoms with Crippen LogP contribution in [0, 0.1) is 10.8 Å². The lowest BCUT2D eigenvalue weighted by molar-refractivity contribution is 0.0447. The monoisotopic (exact) mass is 366 g/mol. The minimum Gasteiger partial charge on any atom is -0.396 e. The zero-order valence-corrected chi connectivity index (χ0v) is 16.6. The minimum atomic E-state index is -0.460. The summed E-state index contributed by atoms with van der Waals surface area (Å²) in [4.78, 5) is 0. The lowest BCUT2D eigenvalue weighted by atomic mass is 9.77. The van der Waals surface area contributed by atoms with Crippen molar-refractivity contribution in [1.29, 1.82) is 0 Å². The summed E-state index contributed by atoms with van der Waals surface area (Å²) in [6, 6.07) is 8.17. The number of unbranched alkanes of at least 4 members (excludes halogenated alkanes) is 2. The lowest BCUT2D eigenvalue weighted by Crippen LogP contribution is -2.33. The Kier molecular flexibility index (Phi) is 10.4. The molecule has 4 heteroatoms. The van der Waals surface area contributed by atoms with Crippen molar-refractivity contribution < 1.29 is 20.4 Å². The second-order valence-corrected chi connectivity index (χ2v) is 8.01. The Bertz CT molecular complexity index is 430. The van der Waals surface area contributed by atoms with Crippen LogP contribution in [0.5, 0.6) is 0 Å². The molecule has 0 aliphatic carbocycles. The van der Waals surface area contributed by atoms with E-state index in [1.165, 1.54) is 0 Å². The quantitative estimate of drug-likeness (QED) is 0.408. The molecule has 0 fully saturated rings. The van der Waals surface area contributed by atoms with E-state index in [1.807, 2.05) is 24.3 Å². The Morgan fingerprint density at radius 1 is 0.615 bits per heavy atom. The van der Waals surface area contributed by atoms with E-state index in [-0.39, 0.29) is 26.4 Å². The van der Waals surface area contributed by atoms with Crippen LogP contribution in [0.1, 0.15) is 63.5 Å². The molecule has 0 spiro atoms. The van der Waals surface area contributed by atoms with Crippen molar-refractivity contribution in [3.05, 3.63) is 35.4 Å². The molecular formula is C22H38O4. The Morgan fingerprint density at radius 2 is 0.923 bits per heavy atom. The van der Waals surface area contributed by atoms with Crippen molar-refractivity contribution in [2.45, 2.75) is 65.2 Å². The Labute approximate surface area is 158 Å². The van der Waals surface area contributed by atoms with E-state index < -0.39 is 10.8 Å². The molecular weight excluding hydrogens is 328 g/mol. The summed E-state index contributed by atoms with van der Waals surface area (Å²) in [5.74, 6) is 0. The first-order chi connectivity index (χ1) is 12.5. The van der Waals surface area contributed by atoms with Gasteiger partial charge in [-0.05, 0) is 36.8 Å². The number of benzene rings is 1. The molecule has 0 aliphatic heterocycles. The molecule has 0 bridgehead atoms. The zero-order chi connectivity index (χ0) is 19.5. The normalized spacial score (nSPS) is 12.5. The van der Waals surface area contributed by atoms with Crippen LogP contribution in [0.3, 0.4) is 0 Å². The molecule has 0 saturated heterocycles. The number of hydrogen-bond acceptors (Lipinski definition) is 4. The van der Waals surface area contributed by atoms with E-state index >= 15 is 0 Å². The Hall–Kier alpha value is -0.940. The summed E-state index contributed by atoms with van der Waals surface area (Å²) in [5, 5.41) is 39.2. The largest absolute Gasteiger partial charge is 0.396 e. The number of aliphatic hydroxyl groups is 4. The fourth-order valence-electron chi connectivity index (χ4n) is 3.56. The average Bonchev–Trinajstić information content (AvgIpc) is 2.70. The van der Waals surface area contributed by atoms with E-state index in [0.717, 1.165) is 49.7 Å². The molecule has 1 aromatic carbocycles. The molecule has 0 aromatic heterocycles. The first kappa shape index (κ1) is 23.1. The summed E-state index contributed by atoms with van der Waals surface area (Å²) >= 11 is 0. The third kappa shape index (κ3) is 6.66. The van der Waals surface area contributed by atoms with E-state index in [4.69, 9.17) is 0 Å². The smallest absolute Gasteiger partial charge is 0.0512 e.